The van der Waals surface area contributed by atoms with Crippen molar-refractivity contribution >= 4 is 18.0 Å². The van der Waals surface area contributed by atoms with Gasteiger partial charge in [-0.2, -0.15) is 4.98 Å². The number of amides is 1. The fourth-order valence-corrected chi connectivity index (χ4v) is 3.13. The fourth-order valence-electron chi connectivity index (χ4n) is 3.13. The van der Waals surface area contributed by atoms with Crippen LogP contribution in [0, 0.1) is 0 Å². The van der Waals surface area contributed by atoms with Crippen molar-refractivity contribution in [1.82, 2.24) is 9.55 Å². The number of hydrogen-bond acceptors (Lipinski definition) is 7. The summed E-state index contributed by atoms with van der Waals surface area (Å²) >= 11 is 0. The molecule has 0 bridgehead atoms. The number of nitrogens with one attached hydrogen (secondary N) is 1. The molecule has 0 aliphatic carbocycles. The van der Waals surface area contributed by atoms with Crippen LogP contribution in [0.3, 0.4) is 0 Å². The Morgan fingerprint density at radius 2 is 2.16 bits per heavy atom. The van der Waals surface area contributed by atoms with E-state index in [9.17, 15) is 14.7 Å². The van der Waals surface area contributed by atoms with Crippen molar-refractivity contribution in [3.8, 4) is 0 Å². The van der Waals surface area contributed by atoms with Gasteiger partial charge in [-0.05, 0) is 12.5 Å². The van der Waals surface area contributed by atoms with Crippen LogP contribution in [-0.4, -0.2) is 46.2 Å². The molecule has 1 aliphatic heterocycles. The predicted octanol–water partition coefficient (Wildman–Crippen LogP) is 2.71. The van der Waals surface area contributed by atoms with Gasteiger partial charge in [0.1, 0.15) is 12.0 Å². The molecule has 0 saturated carbocycles. The number of hydrogen-bond donors (Lipinski definition) is 2. The van der Waals surface area contributed by atoms with Gasteiger partial charge in [0.2, 0.25) is 0 Å². The normalized spacial score (nSPS) is 20.4. The van der Waals surface area contributed by atoms with E-state index >= 15 is 0 Å². The molecular weight excluding hydrogens is 402 g/mol. The van der Waals surface area contributed by atoms with E-state index in [1.807, 2.05) is 30.3 Å². The number of carbonyl (C=O) groups is 1. The number of carbonyl (C=O) groups excluding carboxylic acids is 1. The maximum absolute atomic E-state index is 12.4. The van der Waals surface area contributed by atoms with Crippen LogP contribution in [0.4, 0.5) is 10.6 Å². The minimum atomic E-state index is -0.725. The average Bonchev–Trinajstić information content (AvgIpc) is 3.09. The Hall–Kier alpha value is -3.01. The van der Waals surface area contributed by atoms with Crippen molar-refractivity contribution < 1.29 is 24.1 Å². The minimum Gasteiger partial charge on any atom is -0.449 e. The van der Waals surface area contributed by atoms with Crippen LogP contribution in [0.5, 0.6) is 0 Å². The highest BCUT2D eigenvalue weighted by Crippen LogP contribution is 2.28. The zero-order chi connectivity index (χ0) is 22.2. The lowest BCUT2D eigenvalue weighted by atomic mass is 10.2. The third kappa shape index (κ3) is 6.24. The van der Waals surface area contributed by atoms with Crippen molar-refractivity contribution in [3.05, 3.63) is 64.7 Å². The molecule has 1 amide bonds. The highest BCUT2D eigenvalue weighted by molar-refractivity contribution is 5.85. The van der Waals surface area contributed by atoms with Gasteiger partial charge in [-0.3, -0.25) is 9.88 Å². The molecule has 3 unspecified atom stereocenters. The van der Waals surface area contributed by atoms with E-state index in [0.29, 0.717) is 25.2 Å². The van der Waals surface area contributed by atoms with Crippen molar-refractivity contribution in [1.29, 1.82) is 0 Å². The molecular formula is C22H27N3O6. The minimum absolute atomic E-state index is 0.0492. The van der Waals surface area contributed by atoms with E-state index < -0.39 is 24.1 Å². The van der Waals surface area contributed by atoms with E-state index in [4.69, 9.17) is 14.2 Å². The molecule has 1 saturated heterocycles. The Bertz CT molecular complexity index is 936. The fraction of sp³-hybridized carbons (Fsp3) is 0.409. The lowest BCUT2D eigenvalue weighted by molar-refractivity contribution is -0.0100. The molecule has 1 aliphatic rings. The molecule has 0 spiro atoms. The van der Waals surface area contributed by atoms with Crippen LogP contribution in [0.25, 0.3) is 6.08 Å². The molecule has 1 aromatic heterocycles. The van der Waals surface area contributed by atoms with E-state index in [1.165, 1.54) is 16.8 Å². The summed E-state index contributed by atoms with van der Waals surface area (Å²) in [4.78, 5) is 28.4. The SMILES string of the molecule is C=Cc1cn(C2CC(O)C(C)O2)c(=O)nc1NC(=O)OCCCOCc1ccccc1. The Morgan fingerprint density at radius 3 is 2.84 bits per heavy atom. The largest absolute Gasteiger partial charge is 0.449 e. The van der Waals surface area contributed by atoms with E-state index in [2.05, 4.69) is 16.9 Å². The average molecular weight is 429 g/mol. The Kier molecular flexibility index (Phi) is 7.94. The molecule has 2 aromatic rings. The number of benzene rings is 1. The van der Waals surface area contributed by atoms with Gasteiger partial charge in [-0.15, -0.1) is 0 Å². The summed E-state index contributed by atoms with van der Waals surface area (Å²) in [6.45, 7) is 6.53. The van der Waals surface area contributed by atoms with E-state index in [1.54, 1.807) is 6.92 Å². The summed E-state index contributed by atoms with van der Waals surface area (Å²) in [5.41, 5.74) is 0.896. The second kappa shape index (κ2) is 10.9. The molecule has 2 heterocycles. The Labute approximate surface area is 180 Å². The Morgan fingerprint density at radius 1 is 1.39 bits per heavy atom. The van der Waals surface area contributed by atoms with Gasteiger partial charge in [-0.1, -0.05) is 43.0 Å². The first-order chi connectivity index (χ1) is 15.0. The first kappa shape index (κ1) is 22.7. The second-order valence-corrected chi connectivity index (χ2v) is 7.19. The second-order valence-electron chi connectivity index (χ2n) is 7.19. The molecule has 1 fully saturated rings. The smallest absolute Gasteiger partial charge is 0.412 e. The van der Waals surface area contributed by atoms with Crippen LogP contribution in [0.15, 0.2) is 47.9 Å². The van der Waals surface area contributed by atoms with Gasteiger partial charge in [0.25, 0.3) is 0 Å². The Balaban J connectivity index is 1.47. The van der Waals surface area contributed by atoms with Gasteiger partial charge in [-0.25, -0.2) is 9.59 Å². The third-order valence-electron chi connectivity index (χ3n) is 4.87. The predicted molar refractivity (Wildman–Crippen MR) is 114 cm³/mol. The first-order valence-electron chi connectivity index (χ1n) is 10.1. The van der Waals surface area contributed by atoms with E-state index in [-0.39, 0.29) is 24.9 Å². The maximum atomic E-state index is 12.4. The summed E-state index contributed by atoms with van der Waals surface area (Å²) in [5.74, 6) is 0.0492. The van der Waals surface area contributed by atoms with Crippen LogP contribution in [-0.2, 0) is 20.8 Å². The number of ether oxygens (including phenoxy) is 3. The zero-order valence-corrected chi connectivity index (χ0v) is 17.4. The van der Waals surface area contributed by atoms with Crippen molar-refractivity contribution in [3.63, 3.8) is 0 Å². The molecule has 166 valence electrons. The monoisotopic (exact) mass is 429 g/mol. The quantitative estimate of drug-likeness (QED) is 0.590. The van der Waals surface area contributed by atoms with Gasteiger partial charge >= 0.3 is 11.8 Å². The lowest BCUT2D eigenvalue weighted by Gasteiger charge is -2.16. The summed E-state index contributed by atoms with van der Waals surface area (Å²) in [5, 5.41) is 12.3. The number of anilines is 1. The summed E-state index contributed by atoms with van der Waals surface area (Å²) in [6.07, 6.45) is 1.37. The lowest BCUT2D eigenvalue weighted by Crippen LogP contribution is -2.29. The number of aliphatic hydroxyl groups is 1. The summed E-state index contributed by atoms with van der Waals surface area (Å²) in [7, 11) is 0. The molecule has 9 heteroatoms. The van der Waals surface area contributed by atoms with Gasteiger partial charge < -0.3 is 19.3 Å². The summed E-state index contributed by atoms with van der Waals surface area (Å²) < 4.78 is 17.5. The van der Waals surface area contributed by atoms with E-state index in [0.717, 1.165) is 5.56 Å². The molecule has 1 aromatic carbocycles. The molecule has 2 N–H and O–H groups in total. The van der Waals surface area contributed by atoms with Crippen LogP contribution in [0.1, 0.15) is 37.1 Å². The molecule has 9 nitrogen and oxygen atoms in total. The zero-order valence-electron chi connectivity index (χ0n) is 17.4. The van der Waals surface area contributed by atoms with Crippen LogP contribution >= 0.6 is 0 Å². The highest BCUT2D eigenvalue weighted by atomic mass is 16.6. The maximum Gasteiger partial charge on any atom is 0.412 e. The number of aromatic nitrogens is 2. The number of rotatable bonds is 9. The standard InChI is InChI=1S/C22H27N3O6/c1-3-17-13-25(19-12-18(26)15(2)31-19)21(27)23-20(17)24-22(28)30-11-7-10-29-14-16-8-5-4-6-9-16/h3-6,8-9,13,15,18-19,26H,1,7,10-12,14H2,2H3,(H,23,24,27,28). The molecule has 3 atom stereocenters. The highest BCUT2D eigenvalue weighted by Gasteiger charge is 2.32. The topological polar surface area (TPSA) is 112 Å². The third-order valence-corrected chi connectivity index (χ3v) is 4.87. The van der Waals surface area contributed by atoms with Gasteiger partial charge in [0, 0.05) is 24.6 Å². The molecule has 3 rings (SSSR count). The molecule has 0 radical (unpaired) electrons. The van der Waals surface area contributed by atoms with Crippen molar-refractivity contribution in [2.24, 2.45) is 0 Å². The van der Waals surface area contributed by atoms with Gasteiger partial charge in [0.05, 0.1) is 32.0 Å². The number of nitrogens with zero attached hydrogens (tertiary/aromatic N) is 2. The van der Waals surface area contributed by atoms with Crippen molar-refractivity contribution in [2.45, 2.75) is 44.8 Å². The molecule has 31 heavy (non-hydrogen) atoms. The van der Waals surface area contributed by atoms with Crippen molar-refractivity contribution in [2.75, 3.05) is 18.5 Å². The number of aliphatic hydroxyl groups excluding tert-OH is 1. The van der Waals surface area contributed by atoms with Gasteiger partial charge in [0.15, 0.2) is 0 Å². The first-order valence-corrected chi connectivity index (χ1v) is 10.1. The van der Waals surface area contributed by atoms with Crippen LogP contribution in [0.2, 0.25) is 0 Å². The van der Waals surface area contributed by atoms with Crippen LogP contribution < -0.4 is 11.0 Å². The summed E-state index contributed by atoms with van der Waals surface area (Å²) in [6, 6.07) is 9.78.